The lowest BCUT2D eigenvalue weighted by Crippen LogP contribution is -2.06. The zero-order valence-corrected chi connectivity index (χ0v) is 6.24. The number of hydrogen-bond donors (Lipinski definition) is 2. The van der Waals surface area contributed by atoms with E-state index in [9.17, 15) is 4.79 Å². The third-order valence-electron chi connectivity index (χ3n) is 0.819. The van der Waals surface area contributed by atoms with Gasteiger partial charge in [0.15, 0.2) is 10.7 Å². The summed E-state index contributed by atoms with van der Waals surface area (Å²) in [6, 6.07) is 0. The van der Waals surface area contributed by atoms with E-state index in [1.54, 1.807) is 0 Å². The number of hydrogen-bond acceptors (Lipinski definition) is 4. The molecule has 0 saturated heterocycles. The number of alkyl halides is 1. The third-order valence-corrected chi connectivity index (χ3v) is 1.64. The Balaban J connectivity index is 2.77. The number of nitrogens with zero attached hydrogens (tertiary/aromatic N) is 3. The minimum Gasteiger partial charge on any atom is -0.480 e. The fourth-order valence-electron chi connectivity index (χ4n) is 0.391. The second-order valence-corrected chi connectivity index (χ2v) is 2.40. The van der Waals surface area contributed by atoms with Crippen LogP contribution in [-0.4, -0.2) is 31.7 Å². The Morgan fingerprint density at radius 1 is 1.80 bits per heavy atom. The summed E-state index contributed by atoms with van der Waals surface area (Å²) in [5.41, 5.74) is 0. The van der Waals surface area contributed by atoms with Gasteiger partial charge in [-0.25, -0.2) is 5.10 Å². The van der Waals surface area contributed by atoms with Gasteiger partial charge in [0.25, 0.3) is 0 Å². The highest BCUT2D eigenvalue weighted by Crippen LogP contribution is 2.16. The Hall–Kier alpha value is -0.980. The molecule has 7 heteroatoms. The average molecular weight is 207 g/mol. The van der Waals surface area contributed by atoms with E-state index in [0.717, 1.165) is 0 Å². The van der Waals surface area contributed by atoms with E-state index in [1.165, 1.54) is 0 Å². The lowest BCUT2D eigenvalue weighted by atomic mass is 10.4. The van der Waals surface area contributed by atoms with Gasteiger partial charge in [-0.3, -0.25) is 4.79 Å². The Morgan fingerprint density at radius 2 is 2.50 bits per heavy atom. The Kier molecular flexibility index (Phi) is 1.95. The van der Waals surface area contributed by atoms with Crippen LogP contribution in [0.2, 0.25) is 0 Å². The molecule has 1 aromatic rings. The molecule has 1 aromatic heterocycles. The van der Waals surface area contributed by atoms with Crippen LogP contribution in [0.3, 0.4) is 0 Å². The van der Waals surface area contributed by atoms with E-state index in [-0.39, 0.29) is 5.82 Å². The number of rotatable bonds is 2. The highest BCUT2D eigenvalue weighted by molar-refractivity contribution is 9.09. The topological polar surface area (TPSA) is 91.8 Å². The quantitative estimate of drug-likeness (QED) is 0.650. The molecule has 0 fully saturated rings. The summed E-state index contributed by atoms with van der Waals surface area (Å²) in [6.45, 7) is 0. The van der Waals surface area contributed by atoms with E-state index in [0.29, 0.717) is 0 Å². The number of carboxylic acid groups (broad SMARTS) is 1. The van der Waals surface area contributed by atoms with Crippen LogP contribution in [0.25, 0.3) is 0 Å². The van der Waals surface area contributed by atoms with Crippen molar-refractivity contribution in [3.05, 3.63) is 5.82 Å². The van der Waals surface area contributed by atoms with Crippen molar-refractivity contribution in [1.82, 2.24) is 20.6 Å². The normalized spacial score (nSPS) is 12.9. The summed E-state index contributed by atoms with van der Waals surface area (Å²) in [6.07, 6.45) is 0. The molecular weight excluding hydrogens is 204 g/mol. The van der Waals surface area contributed by atoms with Crippen LogP contribution in [0.1, 0.15) is 10.7 Å². The smallest absolute Gasteiger partial charge is 0.325 e. The molecule has 0 aliphatic heterocycles. The first-order valence-electron chi connectivity index (χ1n) is 2.32. The van der Waals surface area contributed by atoms with Gasteiger partial charge < -0.3 is 5.11 Å². The van der Waals surface area contributed by atoms with E-state index < -0.39 is 10.8 Å². The van der Waals surface area contributed by atoms with Gasteiger partial charge in [-0.1, -0.05) is 15.9 Å². The summed E-state index contributed by atoms with van der Waals surface area (Å²) >= 11 is 2.86. The molecule has 1 atom stereocenters. The molecular formula is C3H3BrN4O2. The van der Waals surface area contributed by atoms with Crippen LogP contribution in [0.4, 0.5) is 0 Å². The number of halogens is 1. The zero-order chi connectivity index (χ0) is 7.56. The largest absolute Gasteiger partial charge is 0.480 e. The van der Waals surface area contributed by atoms with Gasteiger partial charge in [-0.15, -0.1) is 5.10 Å². The molecule has 0 aliphatic carbocycles. The number of aromatic amines is 1. The first kappa shape index (κ1) is 7.13. The summed E-state index contributed by atoms with van der Waals surface area (Å²) in [7, 11) is 0. The molecule has 2 N–H and O–H groups in total. The number of aromatic nitrogens is 4. The van der Waals surface area contributed by atoms with Crippen molar-refractivity contribution in [3.8, 4) is 0 Å². The van der Waals surface area contributed by atoms with Gasteiger partial charge in [0.05, 0.1) is 0 Å². The average Bonchev–Trinajstić information content (AvgIpc) is 2.36. The van der Waals surface area contributed by atoms with Crippen molar-refractivity contribution in [1.29, 1.82) is 0 Å². The molecule has 0 aromatic carbocycles. The van der Waals surface area contributed by atoms with Crippen molar-refractivity contribution >= 4 is 21.9 Å². The first-order valence-corrected chi connectivity index (χ1v) is 3.24. The standard InChI is InChI=1S/C3H3BrN4O2/c4-1(3(9)10)2-5-7-8-6-2/h1H,(H,9,10)(H,5,6,7,8). The van der Waals surface area contributed by atoms with E-state index in [4.69, 9.17) is 5.11 Å². The Labute approximate surface area is 63.8 Å². The summed E-state index contributed by atoms with van der Waals surface area (Å²) in [5.74, 6) is -0.842. The summed E-state index contributed by atoms with van der Waals surface area (Å²) < 4.78 is 0. The van der Waals surface area contributed by atoms with Gasteiger partial charge in [0, 0.05) is 0 Å². The fraction of sp³-hybridized carbons (Fsp3) is 0.333. The van der Waals surface area contributed by atoms with Gasteiger partial charge in [-0.2, -0.15) is 0 Å². The van der Waals surface area contributed by atoms with Gasteiger partial charge in [-0.05, 0) is 10.4 Å². The number of carbonyl (C=O) groups is 1. The predicted octanol–water partition coefficient (Wildman–Crippen LogP) is -0.280. The van der Waals surface area contributed by atoms with Crippen molar-refractivity contribution in [2.75, 3.05) is 0 Å². The van der Waals surface area contributed by atoms with Crippen LogP contribution in [0.5, 0.6) is 0 Å². The highest BCUT2D eigenvalue weighted by Gasteiger charge is 2.18. The molecule has 0 amide bonds. The number of carboxylic acids is 1. The minimum absolute atomic E-state index is 0.188. The number of H-pyrrole nitrogens is 1. The molecule has 1 rings (SSSR count). The predicted molar refractivity (Wildman–Crippen MR) is 33.5 cm³/mol. The monoisotopic (exact) mass is 206 g/mol. The second kappa shape index (κ2) is 2.74. The lowest BCUT2D eigenvalue weighted by Gasteiger charge is -1.94. The van der Waals surface area contributed by atoms with Gasteiger partial charge in [0.2, 0.25) is 0 Å². The second-order valence-electron chi connectivity index (χ2n) is 1.49. The fourth-order valence-corrected chi connectivity index (χ4v) is 0.585. The molecule has 6 nitrogen and oxygen atoms in total. The van der Waals surface area contributed by atoms with Crippen molar-refractivity contribution in [2.45, 2.75) is 4.83 Å². The lowest BCUT2D eigenvalue weighted by molar-refractivity contribution is -0.136. The van der Waals surface area contributed by atoms with Crippen LogP contribution in [0, 0.1) is 0 Å². The van der Waals surface area contributed by atoms with Crippen LogP contribution >= 0.6 is 15.9 Å². The molecule has 0 saturated carbocycles. The number of tetrazole rings is 1. The molecule has 1 heterocycles. The Bertz CT molecular complexity index is 222. The minimum atomic E-state index is -1.03. The van der Waals surface area contributed by atoms with Gasteiger partial charge >= 0.3 is 5.97 Å². The molecule has 54 valence electrons. The van der Waals surface area contributed by atoms with Crippen molar-refractivity contribution in [2.24, 2.45) is 0 Å². The van der Waals surface area contributed by atoms with Gasteiger partial charge in [0.1, 0.15) is 0 Å². The maximum absolute atomic E-state index is 10.2. The first-order chi connectivity index (χ1) is 4.72. The highest BCUT2D eigenvalue weighted by atomic mass is 79.9. The molecule has 10 heavy (non-hydrogen) atoms. The number of aliphatic carboxylic acids is 1. The zero-order valence-electron chi connectivity index (χ0n) is 4.65. The van der Waals surface area contributed by atoms with Crippen molar-refractivity contribution < 1.29 is 9.90 Å². The maximum atomic E-state index is 10.2. The molecule has 1 unspecified atom stereocenters. The van der Waals surface area contributed by atoms with Crippen LogP contribution < -0.4 is 0 Å². The Morgan fingerprint density at radius 3 is 2.90 bits per heavy atom. The maximum Gasteiger partial charge on any atom is 0.325 e. The summed E-state index contributed by atoms with van der Waals surface area (Å²) in [5, 5.41) is 20.5. The van der Waals surface area contributed by atoms with E-state index in [2.05, 4.69) is 36.6 Å². The SMILES string of the molecule is O=C(O)C(Br)c1nnn[nH]1. The molecule has 0 aliphatic rings. The molecule has 0 spiro atoms. The molecule has 0 bridgehead atoms. The van der Waals surface area contributed by atoms with E-state index in [1.807, 2.05) is 0 Å². The van der Waals surface area contributed by atoms with E-state index >= 15 is 0 Å². The summed E-state index contributed by atoms with van der Waals surface area (Å²) in [4.78, 5) is 9.38. The molecule has 0 radical (unpaired) electrons. The number of nitrogens with one attached hydrogen (secondary N) is 1. The third kappa shape index (κ3) is 1.29. The van der Waals surface area contributed by atoms with Crippen LogP contribution in [-0.2, 0) is 4.79 Å². The van der Waals surface area contributed by atoms with Crippen molar-refractivity contribution in [3.63, 3.8) is 0 Å². The van der Waals surface area contributed by atoms with Crippen LogP contribution in [0.15, 0.2) is 0 Å².